The van der Waals surface area contributed by atoms with Gasteiger partial charge in [0.2, 0.25) is 0 Å². The minimum Gasteiger partial charge on any atom is -0.464 e. The zero-order valence-electron chi connectivity index (χ0n) is 11.2. The summed E-state index contributed by atoms with van der Waals surface area (Å²) in [4.78, 5) is 15.6. The first kappa shape index (κ1) is 14.5. The molecule has 2 aromatic heterocycles. The fourth-order valence-corrected chi connectivity index (χ4v) is 2.40. The summed E-state index contributed by atoms with van der Waals surface area (Å²) in [5.74, 6) is 0.867. The van der Waals surface area contributed by atoms with E-state index in [1.165, 1.54) is 18.9 Å². The summed E-state index contributed by atoms with van der Waals surface area (Å²) in [5, 5.41) is 8.79. The first-order valence-electron chi connectivity index (χ1n) is 5.91. The third kappa shape index (κ3) is 3.14. The molecule has 106 valence electrons. The molecule has 7 nitrogen and oxygen atoms in total. The predicted octanol–water partition coefficient (Wildman–Crippen LogP) is 0.748. The van der Waals surface area contributed by atoms with E-state index in [1.54, 1.807) is 12.1 Å². The number of hydrogen-bond acceptors (Lipinski definition) is 7. The van der Waals surface area contributed by atoms with E-state index >= 15 is 0 Å². The number of hydrogen-bond donors (Lipinski definition) is 1. The van der Waals surface area contributed by atoms with Crippen molar-refractivity contribution in [2.75, 3.05) is 7.11 Å². The largest absolute Gasteiger partial charge is 0.464 e. The fraction of sp³-hybridized carbons (Fsp3) is 0.333. The molecule has 0 aliphatic heterocycles. The number of nitrogens with two attached hydrogens (primary N) is 1. The van der Waals surface area contributed by atoms with Crippen LogP contribution in [0, 0.1) is 0 Å². The van der Waals surface area contributed by atoms with Gasteiger partial charge in [0.1, 0.15) is 11.5 Å². The van der Waals surface area contributed by atoms with Gasteiger partial charge in [-0.15, -0.1) is 10.2 Å². The van der Waals surface area contributed by atoms with Gasteiger partial charge in [-0.25, -0.2) is 9.78 Å². The van der Waals surface area contributed by atoms with Crippen LogP contribution in [0.3, 0.4) is 0 Å². The second kappa shape index (κ2) is 6.49. The standard InChI is InChI=1S/C12H15N5O2S/c1-17-10(6-13)15-16-12(17)20-7-8-4-3-5-9(14-8)11(18)19-2/h3-5H,6-7,13H2,1-2H3. The van der Waals surface area contributed by atoms with E-state index < -0.39 is 5.97 Å². The molecule has 0 fully saturated rings. The van der Waals surface area contributed by atoms with Crippen molar-refractivity contribution in [2.24, 2.45) is 12.8 Å². The van der Waals surface area contributed by atoms with Crippen molar-refractivity contribution in [3.8, 4) is 0 Å². The Morgan fingerprint density at radius 2 is 2.25 bits per heavy atom. The highest BCUT2D eigenvalue weighted by molar-refractivity contribution is 7.98. The lowest BCUT2D eigenvalue weighted by Crippen LogP contribution is -2.06. The highest BCUT2D eigenvalue weighted by Gasteiger charge is 2.10. The summed E-state index contributed by atoms with van der Waals surface area (Å²) in [6.07, 6.45) is 0. The Morgan fingerprint density at radius 1 is 1.45 bits per heavy atom. The van der Waals surface area contributed by atoms with Crippen molar-refractivity contribution in [1.82, 2.24) is 19.7 Å². The Morgan fingerprint density at radius 3 is 2.90 bits per heavy atom. The van der Waals surface area contributed by atoms with Crippen LogP contribution in [0.1, 0.15) is 22.0 Å². The molecule has 0 saturated carbocycles. The Labute approximate surface area is 120 Å². The van der Waals surface area contributed by atoms with Crippen molar-refractivity contribution in [3.63, 3.8) is 0 Å². The lowest BCUT2D eigenvalue weighted by molar-refractivity contribution is 0.0594. The molecule has 0 amide bonds. The molecular weight excluding hydrogens is 278 g/mol. The number of aromatic nitrogens is 4. The van der Waals surface area contributed by atoms with Crippen LogP contribution in [0.4, 0.5) is 0 Å². The van der Waals surface area contributed by atoms with E-state index in [4.69, 9.17) is 5.73 Å². The summed E-state index contributed by atoms with van der Waals surface area (Å²) < 4.78 is 6.48. The summed E-state index contributed by atoms with van der Waals surface area (Å²) in [7, 11) is 3.20. The van der Waals surface area contributed by atoms with Gasteiger partial charge < -0.3 is 15.0 Å². The molecule has 0 atom stereocenters. The molecule has 20 heavy (non-hydrogen) atoms. The van der Waals surface area contributed by atoms with E-state index in [0.717, 1.165) is 16.7 Å². The number of carbonyl (C=O) groups excluding carboxylic acids is 1. The minimum absolute atomic E-state index is 0.297. The molecule has 2 rings (SSSR count). The summed E-state index contributed by atoms with van der Waals surface area (Å²) in [6, 6.07) is 5.24. The molecule has 0 aliphatic carbocycles. The van der Waals surface area contributed by atoms with Crippen molar-refractivity contribution >= 4 is 17.7 Å². The van der Waals surface area contributed by atoms with Crippen LogP contribution in [0.5, 0.6) is 0 Å². The van der Waals surface area contributed by atoms with Gasteiger partial charge in [0, 0.05) is 12.8 Å². The normalized spacial score (nSPS) is 10.6. The number of nitrogens with zero attached hydrogens (tertiary/aromatic N) is 4. The van der Waals surface area contributed by atoms with E-state index in [2.05, 4.69) is 19.9 Å². The van der Waals surface area contributed by atoms with Gasteiger partial charge in [-0.1, -0.05) is 17.8 Å². The van der Waals surface area contributed by atoms with Crippen molar-refractivity contribution < 1.29 is 9.53 Å². The monoisotopic (exact) mass is 293 g/mol. The molecule has 2 aromatic rings. The van der Waals surface area contributed by atoms with Gasteiger partial charge in [0.15, 0.2) is 5.16 Å². The highest BCUT2D eigenvalue weighted by atomic mass is 32.2. The maximum absolute atomic E-state index is 11.4. The Kier molecular flexibility index (Phi) is 4.70. The molecule has 0 unspecified atom stereocenters. The van der Waals surface area contributed by atoms with Crippen LogP contribution in [0.25, 0.3) is 0 Å². The highest BCUT2D eigenvalue weighted by Crippen LogP contribution is 2.20. The van der Waals surface area contributed by atoms with Gasteiger partial charge >= 0.3 is 5.97 Å². The lowest BCUT2D eigenvalue weighted by Gasteiger charge is -2.04. The van der Waals surface area contributed by atoms with Crippen LogP contribution in [-0.2, 0) is 24.1 Å². The molecule has 2 heterocycles. The fourth-order valence-electron chi connectivity index (χ4n) is 1.57. The zero-order valence-corrected chi connectivity index (χ0v) is 12.1. The van der Waals surface area contributed by atoms with Gasteiger partial charge in [-0.3, -0.25) is 0 Å². The van der Waals surface area contributed by atoms with E-state index in [1.807, 2.05) is 17.7 Å². The Bertz CT molecular complexity index is 614. The maximum atomic E-state index is 11.4. The number of carbonyl (C=O) groups is 1. The molecule has 8 heteroatoms. The molecule has 2 N–H and O–H groups in total. The van der Waals surface area contributed by atoms with Crippen LogP contribution >= 0.6 is 11.8 Å². The number of methoxy groups -OCH3 is 1. The Hall–Kier alpha value is -1.93. The van der Waals surface area contributed by atoms with Crippen LogP contribution in [0.2, 0.25) is 0 Å². The number of pyridine rings is 1. The summed E-state index contributed by atoms with van der Waals surface area (Å²) in [5.41, 5.74) is 6.61. The lowest BCUT2D eigenvalue weighted by atomic mass is 10.3. The van der Waals surface area contributed by atoms with E-state index in [9.17, 15) is 4.79 Å². The van der Waals surface area contributed by atoms with E-state index in [0.29, 0.717) is 18.0 Å². The van der Waals surface area contributed by atoms with Crippen LogP contribution < -0.4 is 5.73 Å². The number of rotatable bonds is 5. The van der Waals surface area contributed by atoms with Gasteiger partial charge in [-0.05, 0) is 12.1 Å². The predicted molar refractivity (Wildman–Crippen MR) is 74.0 cm³/mol. The molecule has 0 aliphatic rings. The topological polar surface area (TPSA) is 95.9 Å². The SMILES string of the molecule is COC(=O)c1cccc(CSc2nnc(CN)n2C)n1. The smallest absolute Gasteiger partial charge is 0.356 e. The first-order valence-corrected chi connectivity index (χ1v) is 6.89. The minimum atomic E-state index is -0.444. The van der Waals surface area contributed by atoms with Gasteiger partial charge in [-0.2, -0.15) is 0 Å². The van der Waals surface area contributed by atoms with Crippen molar-refractivity contribution in [3.05, 3.63) is 35.4 Å². The molecule has 0 bridgehead atoms. The molecule has 0 aromatic carbocycles. The van der Waals surface area contributed by atoms with Crippen LogP contribution in [-0.4, -0.2) is 32.8 Å². The third-order valence-corrected chi connectivity index (χ3v) is 3.71. The van der Waals surface area contributed by atoms with Gasteiger partial charge in [0.25, 0.3) is 0 Å². The average Bonchev–Trinajstić information content (AvgIpc) is 2.85. The number of thioether (sulfide) groups is 1. The zero-order chi connectivity index (χ0) is 14.5. The maximum Gasteiger partial charge on any atom is 0.356 e. The quantitative estimate of drug-likeness (QED) is 0.641. The molecule has 0 saturated heterocycles. The van der Waals surface area contributed by atoms with Crippen LogP contribution in [0.15, 0.2) is 23.4 Å². The first-order chi connectivity index (χ1) is 9.65. The molecule has 0 radical (unpaired) electrons. The van der Waals surface area contributed by atoms with Gasteiger partial charge in [0.05, 0.1) is 19.3 Å². The summed E-state index contributed by atoms with van der Waals surface area (Å²) >= 11 is 1.48. The molecule has 0 spiro atoms. The third-order valence-electron chi connectivity index (χ3n) is 2.66. The van der Waals surface area contributed by atoms with Crippen molar-refractivity contribution in [1.29, 1.82) is 0 Å². The second-order valence-electron chi connectivity index (χ2n) is 3.96. The molecular formula is C12H15N5O2S. The average molecular weight is 293 g/mol. The van der Waals surface area contributed by atoms with Crippen molar-refractivity contribution in [2.45, 2.75) is 17.5 Å². The second-order valence-corrected chi connectivity index (χ2v) is 4.90. The Balaban J connectivity index is 2.07. The summed E-state index contributed by atoms with van der Waals surface area (Å²) in [6.45, 7) is 0.347. The number of esters is 1. The number of ether oxygens (including phenoxy) is 1. The van der Waals surface area contributed by atoms with E-state index in [-0.39, 0.29) is 0 Å².